The summed E-state index contributed by atoms with van der Waals surface area (Å²) >= 11 is 0. The van der Waals surface area contributed by atoms with Crippen molar-refractivity contribution in [1.82, 2.24) is 9.55 Å². The standard InChI is InChI=1S/C20H18N2O3/c1-22-17-5-3-2-4-14(17)12-15(18(22)23)13-25-19(24)20(8-9-20)16-6-10-21-11-7-16/h2-7,10-12H,8-9,13H2,1H3. The monoisotopic (exact) mass is 334 g/mol. The lowest BCUT2D eigenvalue weighted by atomic mass is 9.97. The van der Waals surface area contributed by atoms with Crippen LogP contribution in [0.15, 0.2) is 59.7 Å². The Labute approximate surface area is 144 Å². The van der Waals surface area contributed by atoms with E-state index in [1.807, 2.05) is 36.4 Å². The predicted molar refractivity (Wildman–Crippen MR) is 94.1 cm³/mol. The molecule has 1 fully saturated rings. The highest BCUT2D eigenvalue weighted by atomic mass is 16.5. The molecule has 0 bridgehead atoms. The maximum atomic E-state index is 12.6. The third-order valence-electron chi connectivity index (χ3n) is 4.94. The molecule has 5 nitrogen and oxygen atoms in total. The summed E-state index contributed by atoms with van der Waals surface area (Å²) in [6.45, 7) is -0.0107. The number of rotatable bonds is 4. The highest BCUT2D eigenvalue weighted by molar-refractivity contribution is 5.86. The molecular formula is C20H18N2O3. The number of para-hydroxylation sites is 1. The summed E-state index contributed by atoms with van der Waals surface area (Å²) in [5.74, 6) is -0.270. The van der Waals surface area contributed by atoms with Gasteiger partial charge in [0, 0.05) is 19.4 Å². The van der Waals surface area contributed by atoms with Gasteiger partial charge in [-0.05, 0) is 48.1 Å². The van der Waals surface area contributed by atoms with Crippen molar-refractivity contribution in [3.8, 4) is 0 Å². The molecule has 25 heavy (non-hydrogen) atoms. The molecule has 1 aliphatic rings. The van der Waals surface area contributed by atoms with E-state index in [0.29, 0.717) is 5.56 Å². The third-order valence-corrected chi connectivity index (χ3v) is 4.94. The Kier molecular flexibility index (Phi) is 3.64. The summed E-state index contributed by atoms with van der Waals surface area (Å²) in [6, 6.07) is 13.2. The van der Waals surface area contributed by atoms with Gasteiger partial charge in [0.15, 0.2) is 0 Å². The molecule has 0 N–H and O–H groups in total. The summed E-state index contributed by atoms with van der Waals surface area (Å²) in [6.07, 6.45) is 4.90. The van der Waals surface area contributed by atoms with E-state index in [4.69, 9.17) is 4.74 Å². The zero-order valence-electron chi connectivity index (χ0n) is 13.9. The number of benzene rings is 1. The van der Waals surface area contributed by atoms with Gasteiger partial charge in [-0.3, -0.25) is 14.6 Å². The molecule has 0 amide bonds. The minimum absolute atomic E-state index is 0.0107. The molecule has 1 aliphatic carbocycles. The van der Waals surface area contributed by atoms with Crippen molar-refractivity contribution in [3.05, 3.63) is 76.3 Å². The smallest absolute Gasteiger partial charge is 0.316 e. The Hall–Kier alpha value is -2.95. The number of carbonyl (C=O) groups is 1. The van der Waals surface area contributed by atoms with Gasteiger partial charge >= 0.3 is 5.97 Å². The van der Waals surface area contributed by atoms with Gasteiger partial charge in [-0.25, -0.2) is 0 Å². The fourth-order valence-corrected chi connectivity index (χ4v) is 3.28. The Balaban J connectivity index is 1.58. The maximum absolute atomic E-state index is 12.6. The lowest BCUT2D eigenvalue weighted by Crippen LogP contribution is -2.26. The number of nitrogens with zero attached hydrogens (tertiary/aromatic N) is 2. The second kappa shape index (κ2) is 5.84. The first-order valence-electron chi connectivity index (χ1n) is 8.27. The first-order chi connectivity index (χ1) is 12.1. The molecule has 0 unspecified atom stereocenters. The van der Waals surface area contributed by atoms with E-state index in [2.05, 4.69) is 4.98 Å². The molecule has 4 rings (SSSR count). The fourth-order valence-electron chi connectivity index (χ4n) is 3.28. The van der Waals surface area contributed by atoms with Crippen LogP contribution in [0.5, 0.6) is 0 Å². The van der Waals surface area contributed by atoms with Crippen LogP contribution in [-0.4, -0.2) is 15.5 Å². The summed E-state index contributed by atoms with van der Waals surface area (Å²) in [5.41, 5.74) is 1.57. The number of aromatic nitrogens is 2. The van der Waals surface area contributed by atoms with Crippen molar-refractivity contribution in [2.75, 3.05) is 0 Å². The van der Waals surface area contributed by atoms with Crippen LogP contribution in [0.3, 0.4) is 0 Å². The van der Waals surface area contributed by atoms with Gasteiger partial charge in [0.1, 0.15) is 6.61 Å². The van der Waals surface area contributed by atoms with Crippen molar-refractivity contribution in [3.63, 3.8) is 0 Å². The molecule has 0 atom stereocenters. The van der Waals surface area contributed by atoms with Crippen LogP contribution < -0.4 is 5.56 Å². The number of aryl methyl sites for hydroxylation is 1. The summed E-state index contributed by atoms with van der Waals surface area (Å²) < 4.78 is 7.11. The minimum atomic E-state index is -0.564. The topological polar surface area (TPSA) is 61.2 Å². The number of hydrogen-bond donors (Lipinski definition) is 0. The molecule has 0 aliphatic heterocycles. The molecule has 0 radical (unpaired) electrons. The van der Waals surface area contributed by atoms with E-state index in [1.165, 1.54) is 0 Å². The highest BCUT2D eigenvalue weighted by Crippen LogP contribution is 2.49. The Morgan fingerprint density at radius 3 is 2.64 bits per heavy atom. The first-order valence-corrected chi connectivity index (χ1v) is 8.27. The zero-order chi connectivity index (χ0) is 17.4. The molecule has 2 aromatic heterocycles. The number of ether oxygens (including phenoxy) is 1. The van der Waals surface area contributed by atoms with Crippen molar-refractivity contribution in [2.45, 2.75) is 24.9 Å². The van der Waals surface area contributed by atoms with Gasteiger partial charge in [-0.15, -0.1) is 0 Å². The van der Waals surface area contributed by atoms with E-state index < -0.39 is 5.41 Å². The summed E-state index contributed by atoms with van der Waals surface area (Å²) in [4.78, 5) is 29.1. The molecule has 1 aromatic carbocycles. The largest absolute Gasteiger partial charge is 0.460 e. The molecule has 3 aromatic rings. The number of pyridine rings is 2. The molecule has 126 valence electrons. The number of carbonyl (C=O) groups excluding carboxylic acids is 1. The van der Waals surface area contributed by atoms with Gasteiger partial charge in [-0.1, -0.05) is 18.2 Å². The van der Waals surface area contributed by atoms with Gasteiger partial charge < -0.3 is 9.30 Å². The highest BCUT2D eigenvalue weighted by Gasteiger charge is 2.52. The van der Waals surface area contributed by atoms with Crippen LogP contribution in [0, 0.1) is 0 Å². The van der Waals surface area contributed by atoms with E-state index in [1.54, 1.807) is 30.1 Å². The zero-order valence-corrected chi connectivity index (χ0v) is 13.9. The lowest BCUT2D eigenvalue weighted by Gasteiger charge is -2.15. The fraction of sp³-hybridized carbons (Fsp3) is 0.250. The second-order valence-corrected chi connectivity index (χ2v) is 6.49. The van der Waals surface area contributed by atoms with Crippen LogP contribution >= 0.6 is 0 Å². The van der Waals surface area contributed by atoms with Gasteiger partial charge in [0.25, 0.3) is 5.56 Å². The summed E-state index contributed by atoms with van der Waals surface area (Å²) in [7, 11) is 1.73. The van der Waals surface area contributed by atoms with Crippen LogP contribution in [0.4, 0.5) is 0 Å². The normalized spacial score (nSPS) is 15.1. The van der Waals surface area contributed by atoms with Crippen molar-refractivity contribution >= 4 is 16.9 Å². The average Bonchev–Trinajstić information content (AvgIpc) is 3.46. The lowest BCUT2D eigenvalue weighted by molar-refractivity contribution is -0.148. The number of esters is 1. The Morgan fingerprint density at radius 2 is 1.92 bits per heavy atom. The molecule has 0 saturated heterocycles. The van der Waals surface area contributed by atoms with Gasteiger partial charge in [0.2, 0.25) is 0 Å². The van der Waals surface area contributed by atoms with Crippen molar-refractivity contribution in [2.24, 2.45) is 7.05 Å². The van der Waals surface area contributed by atoms with Gasteiger partial charge in [0.05, 0.1) is 16.5 Å². The second-order valence-electron chi connectivity index (χ2n) is 6.49. The average molecular weight is 334 g/mol. The van der Waals surface area contributed by atoms with E-state index in [0.717, 1.165) is 29.3 Å². The van der Waals surface area contributed by atoms with Crippen molar-refractivity contribution < 1.29 is 9.53 Å². The van der Waals surface area contributed by atoms with Crippen LogP contribution in [-0.2, 0) is 28.6 Å². The molecule has 0 spiro atoms. The summed E-state index contributed by atoms with van der Waals surface area (Å²) in [5, 5.41) is 0.950. The van der Waals surface area contributed by atoms with Crippen molar-refractivity contribution in [1.29, 1.82) is 0 Å². The molecule has 1 saturated carbocycles. The molecular weight excluding hydrogens is 316 g/mol. The Morgan fingerprint density at radius 1 is 1.20 bits per heavy atom. The van der Waals surface area contributed by atoms with E-state index in [9.17, 15) is 9.59 Å². The number of hydrogen-bond acceptors (Lipinski definition) is 4. The molecule has 5 heteroatoms. The first kappa shape index (κ1) is 15.6. The quantitative estimate of drug-likeness (QED) is 0.688. The van der Waals surface area contributed by atoms with Crippen LogP contribution in [0.2, 0.25) is 0 Å². The van der Waals surface area contributed by atoms with E-state index >= 15 is 0 Å². The SMILES string of the molecule is Cn1c(=O)c(COC(=O)C2(c3ccncc3)CC2)cc2ccccc21. The number of fused-ring (bicyclic) bond motifs is 1. The van der Waals surface area contributed by atoms with E-state index in [-0.39, 0.29) is 18.1 Å². The third kappa shape index (κ3) is 2.61. The van der Waals surface area contributed by atoms with Gasteiger partial charge in [-0.2, -0.15) is 0 Å². The molecule has 2 heterocycles. The Bertz CT molecular complexity index is 1000. The van der Waals surface area contributed by atoms with Crippen LogP contribution in [0.1, 0.15) is 24.0 Å². The maximum Gasteiger partial charge on any atom is 0.316 e. The minimum Gasteiger partial charge on any atom is -0.460 e. The predicted octanol–water partition coefficient (Wildman–Crippen LogP) is 2.71. The van der Waals surface area contributed by atoms with Crippen LogP contribution in [0.25, 0.3) is 10.9 Å².